The van der Waals surface area contributed by atoms with Gasteiger partial charge >= 0.3 is 17.9 Å². The van der Waals surface area contributed by atoms with E-state index in [9.17, 15) is 33.6 Å². The maximum absolute atomic E-state index is 13.0. The van der Waals surface area contributed by atoms with Crippen LogP contribution in [0, 0.1) is 5.92 Å². The fourth-order valence-corrected chi connectivity index (χ4v) is 6.90. The smallest absolute Gasteiger partial charge is 0.335 e. The number of ketones is 1. The minimum atomic E-state index is -0.721. The Labute approximate surface area is 389 Å². The molecule has 0 unspecified atom stereocenters. The Bertz CT molecular complexity index is 1340. The lowest BCUT2D eigenvalue weighted by Gasteiger charge is -2.23. The minimum Gasteiger partial charge on any atom is -0.460 e. The maximum Gasteiger partial charge on any atom is 0.335 e. The molecule has 16 nitrogen and oxygen atoms in total. The van der Waals surface area contributed by atoms with E-state index >= 15 is 0 Å². The Balaban J connectivity index is 2.03. The van der Waals surface area contributed by atoms with E-state index in [2.05, 4.69) is 5.32 Å². The van der Waals surface area contributed by atoms with Crippen LogP contribution in [0.3, 0.4) is 0 Å². The van der Waals surface area contributed by atoms with Gasteiger partial charge in [0.25, 0.3) is 11.8 Å². The van der Waals surface area contributed by atoms with Gasteiger partial charge in [-0.15, -0.1) is 5.06 Å². The maximum atomic E-state index is 13.0. The predicted molar refractivity (Wildman–Crippen MR) is 245 cm³/mol. The van der Waals surface area contributed by atoms with Gasteiger partial charge in [0.15, 0.2) is 0 Å². The van der Waals surface area contributed by atoms with Crippen LogP contribution in [0.5, 0.6) is 0 Å². The summed E-state index contributed by atoms with van der Waals surface area (Å²) in [5.74, 6) is -3.17. The van der Waals surface area contributed by atoms with Crippen LogP contribution < -0.4 is 5.32 Å². The Morgan fingerprint density at radius 1 is 0.508 bits per heavy atom. The highest BCUT2D eigenvalue weighted by Crippen LogP contribution is 2.21. The van der Waals surface area contributed by atoms with Crippen LogP contribution in [0.25, 0.3) is 0 Å². The molecule has 1 saturated heterocycles. The molecule has 3 amide bonds. The SMILES string of the molecule is CC(C)(C)OC(=O)CCCCCCCCCCCCCCCCCCC(=O)C[C@@H](CCC(=O)NCCOCCOCCOCCOCCC(=O)ON1C(=O)CCC1=O)C(=O)OC(C)(C)C. The van der Waals surface area contributed by atoms with Crippen molar-refractivity contribution >= 4 is 41.4 Å². The second-order valence-electron chi connectivity index (χ2n) is 18.8. The van der Waals surface area contributed by atoms with Crippen molar-refractivity contribution in [2.75, 3.05) is 59.4 Å². The summed E-state index contributed by atoms with van der Waals surface area (Å²) in [6.45, 7) is 13.6. The van der Waals surface area contributed by atoms with E-state index in [0.717, 1.165) is 32.1 Å². The molecule has 0 saturated carbocycles. The first kappa shape index (κ1) is 59.5. The zero-order valence-corrected chi connectivity index (χ0v) is 41.1. The Kier molecular flexibility index (Phi) is 33.6. The zero-order chi connectivity index (χ0) is 48.2. The van der Waals surface area contributed by atoms with Crippen molar-refractivity contribution in [1.82, 2.24) is 10.4 Å². The van der Waals surface area contributed by atoms with Crippen LogP contribution in [-0.4, -0.2) is 117 Å². The number of carbonyl (C=O) groups excluding carboxylic acids is 7. The van der Waals surface area contributed by atoms with Crippen molar-refractivity contribution in [3.63, 3.8) is 0 Å². The number of hydroxylamine groups is 2. The number of carbonyl (C=O) groups is 7. The van der Waals surface area contributed by atoms with Crippen molar-refractivity contribution in [2.24, 2.45) is 5.92 Å². The van der Waals surface area contributed by atoms with E-state index in [1.165, 1.54) is 70.6 Å². The summed E-state index contributed by atoms with van der Waals surface area (Å²) in [4.78, 5) is 89.6. The number of ether oxygens (including phenoxy) is 6. The highest BCUT2D eigenvalue weighted by atomic mass is 16.7. The zero-order valence-electron chi connectivity index (χ0n) is 41.1. The van der Waals surface area contributed by atoms with E-state index in [4.69, 9.17) is 33.3 Å². The lowest BCUT2D eigenvalue weighted by Crippen LogP contribution is -2.32. The van der Waals surface area contributed by atoms with Crippen LogP contribution in [0.4, 0.5) is 0 Å². The van der Waals surface area contributed by atoms with E-state index in [-0.39, 0.29) is 69.4 Å². The number of imide groups is 1. The van der Waals surface area contributed by atoms with Crippen LogP contribution in [0.1, 0.15) is 196 Å². The molecule has 0 aromatic heterocycles. The summed E-state index contributed by atoms with van der Waals surface area (Å²) in [6.07, 6.45) is 20.1. The number of rotatable bonds is 41. The summed E-state index contributed by atoms with van der Waals surface area (Å²) in [6, 6.07) is 0. The van der Waals surface area contributed by atoms with E-state index < -0.39 is 40.9 Å². The first-order chi connectivity index (χ1) is 31.0. The van der Waals surface area contributed by atoms with Crippen LogP contribution in [-0.2, 0) is 66.8 Å². The molecule has 0 bridgehead atoms. The van der Waals surface area contributed by atoms with E-state index in [1.807, 2.05) is 20.8 Å². The number of Topliss-reactive ketones (excluding diaryl/α,β-unsaturated/α-hetero) is 1. The molecule has 1 fully saturated rings. The molecule has 0 aromatic carbocycles. The topological polar surface area (TPSA) is 199 Å². The third-order valence-corrected chi connectivity index (χ3v) is 10.3. The summed E-state index contributed by atoms with van der Waals surface area (Å²) in [5, 5.41) is 3.31. The number of hydrogen-bond acceptors (Lipinski definition) is 14. The molecule has 376 valence electrons. The highest BCUT2D eigenvalue weighted by molar-refractivity contribution is 6.01. The van der Waals surface area contributed by atoms with Gasteiger partial charge in [-0.25, -0.2) is 4.79 Å². The van der Waals surface area contributed by atoms with Gasteiger partial charge < -0.3 is 38.6 Å². The quantitative estimate of drug-likeness (QED) is 0.0349. The van der Waals surface area contributed by atoms with Crippen molar-refractivity contribution in [2.45, 2.75) is 207 Å². The monoisotopic (exact) mass is 927 g/mol. The highest BCUT2D eigenvalue weighted by Gasteiger charge is 2.33. The summed E-state index contributed by atoms with van der Waals surface area (Å²) in [5.41, 5.74) is -1.09. The van der Waals surface area contributed by atoms with Gasteiger partial charge in [0.1, 0.15) is 17.0 Å². The molecule has 1 atom stereocenters. The molecule has 0 radical (unpaired) electrons. The average molecular weight is 927 g/mol. The molecule has 0 aliphatic carbocycles. The van der Waals surface area contributed by atoms with Gasteiger partial charge in [-0.05, 0) is 60.8 Å². The van der Waals surface area contributed by atoms with Gasteiger partial charge in [-0.1, -0.05) is 89.9 Å². The number of nitrogens with one attached hydrogen (secondary N) is 1. The van der Waals surface area contributed by atoms with E-state index in [0.29, 0.717) is 64.1 Å². The third kappa shape index (κ3) is 36.3. The number of hydrogen-bond donors (Lipinski definition) is 1. The van der Waals surface area contributed by atoms with Gasteiger partial charge in [0.05, 0.1) is 65.2 Å². The minimum absolute atomic E-state index is 0.0293. The molecular formula is C49H86N2O14. The second kappa shape index (κ2) is 36.6. The largest absolute Gasteiger partial charge is 0.460 e. The fraction of sp³-hybridized carbons (Fsp3) is 0.857. The summed E-state index contributed by atoms with van der Waals surface area (Å²) < 4.78 is 32.6. The summed E-state index contributed by atoms with van der Waals surface area (Å²) >= 11 is 0. The molecule has 1 aliphatic rings. The number of esters is 2. The van der Waals surface area contributed by atoms with Gasteiger partial charge in [-0.2, -0.15) is 0 Å². The molecule has 16 heteroatoms. The van der Waals surface area contributed by atoms with Crippen LogP contribution in [0.2, 0.25) is 0 Å². The molecule has 1 N–H and O–H groups in total. The first-order valence-electron chi connectivity index (χ1n) is 24.6. The molecule has 1 heterocycles. The molecular weight excluding hydrogens is 841 g/mol. The molecule has 1 rings (SSSR count). The third-order valence-electron chi connectivity index (χ3n) is 10.3. The predicted octanol–water partition coefficient (Wildman–Crippen LogP) is 8.23. The summed E-state index contributed by atoms with van der Waals surface area (Å²) in [7, 11) is 0. The first-order valence-corrected chi connectivity index (χ1v) is 24.6. The lowest BCUT2D eigenvalue weighted by atomic mass is 9.94. The lowest BCUT2D eigenvalue weighted by molar-refractivity contribution is -0.198. The number of amides is 3. The van der Waals surface area contributed by atoms with Gasteiger partial charge in [0.2, 0.25) is 5.91 Å². The van der Waals surface area contributed by atoms with Crippen molar-refractivity contribution in [3.05, 3.63) is 0 Å². The average Bonchev–Trinajstić information content (AvgIpc) is 3.53. The molecule has 0 aromatic rings. The molecule has 0 spiro atoms. The standard InChI is InChI=1S/C49H86N2O14/c1-48(2,3)63-45(56)24-22-20-18-16-14-12-10-8-7-9-11-13-15-17-19-21-23-41(52)39-40(47(58)64-49(4,5)6)25-26-42(53)50-30-32-60-34-36-62-38-37-61-35-33-59-31-29-46(57)65-51-43(54)27-28-44(51)55/h40H,7-39H2,1-6H3,(H,50,53)/t40-/m1/s1. The fourth-order valence-electron chi connectivity index (χ4n) is 6.90. The molecule has 65 heavy (non-hydrogen) atoms. The second-order valence-corrected chi connectivity index (χ2v) is 18.8. The Hall–Kier alpha value is -3.47. The van der Waals surface area contributed by atoms with Crippen molar-refractivity contribution in [1.29, 1.82) is 0 Å². The van der Waals surface area contributed by atoms with Gasteiger partial charge in [0, 0.05) is 45.1 Å². The van der Waals surface area contributed by atoms with Crippen molar-refractivity contribution in [3.8, 4) is 0 Å². The van der Waals surface area contributed by atoms with Gasteiger partial charge in [-0.3, -0.25) is 28.8 Å². The van der Waals surface area contributed by atoms with Crippen LogP contribution in [0.15, 0.2) is 0 Å². The normalized spacial score (nSPS) is 13.5. The van der Waals surface area contributed by atoms with Crippen molar-refractivity contribution < 1.29 is 66.8 Å². The van der Waals surface area contributed by atoms with E-state index in [1.54, 1.807) is 20.8 Å². The Morgan fingerprint density at radius 3 is 1.38 bits per heavy atom. The van der Waals surface area contributed by atoms with Crippen LogP contribution >= 0.6 is 0 Å². The molecule has 1 aliphatic heterocycles. The Morgan fingerprint density at radius 2 is 0.923 bits per heavy atom. The number of unbranched alkanes of at least 4 members (excludes halogenated alkanes) is 15. The number of nitrogens with zero attached hydrogens (tertiary/aromatic N) is 1.